The maximum Gasteiger partial charge on any atom is 0.269 e. The maximum atomic E-state index is 11.6. The fourth-order valence-electron chi connectivity index (χ4n) is 3.02. The van der Waals surface area contributed by atoms with Crippen molar-refractivity contribution in [2.75, 3.05) is 13.6 Å². The van der Waals surface area contributed by atoms with Crippen LogP contribution in [0.4, 0.5) is 0 Å². The first kappa shape index (κ1) is 20.6. The topological polar surface area (TPSA) is 107 Å². The van der Waals surface area contributed by atoms with Gasteiger partial charge in [0.2, 0.25) is 5.91 Å². The standard InChI is InChI=1S/C14H16N4O.C6H13NO/c1-17-7-8-18-11(9-17)12(13(15)19)16-14(18)10-5-3-2-4-6-10;1-6(2,3)4-5(7)8/h2-6H,7-9H2,1H3,(H2,15,19);4H2,1-3H3,(H2,7,8). The van der Waals surface area contributed by atoms with Gasteiger partial charge in [0.05, 0.1) is 5.69 Å². The van der Waals surface area contributed by atoms with Crippen LogP contribution in [0.3, 0.4) is 0 Å². The summed E-state index contributed by atoms with van der Waals surface area (Å²) in [4.78, 5) is 28.4. The number of nitrogens with zero attached hydrogens (tertiary/aromatic N) is 3. The Labute approximate surface area is 160 Å². The van der Waals surface area contributed by atoms with Crippen LogP contribution in [-0.4, -0.2) is 39.9 Å². The molecule has 7 nitrogen and oxygen atoms in total. The first-order valence-electron chi connectivity index (χ1n) is 9.00. The summed E-state index contributed by atoms with van der Waals surface area (Å²) in [6.07, 6.45) is 0.465. The minimum absolute atomic E-state index is 0.0475. The summed E-state index contributed by atoms with van der Waals surface area (Å²) >= 11 is 0. The molecule has 0 radical (unpaired) electrons. The molecule has 0 saturated carbocycles. The first-order valence-corrected chi connectivity index (χ1v) is 9.00. The highest BCUT2D eigenvalue weighted by Gasteiger charge is 2.25. The Bertz CT molecular complexity index is 806. The summed E-state index contributed by atoms with van der Waals surface area (Å²) in [6, 6.07) is 9.90. The molecule has 4 N–H and O–H groups in total. The van der Waals surface area contributed by atoms with Crippen molar-refractivity contribution in [2.24, 2.45) is 16.9 Å². The summed E-state index contributed by atoms with van der Waals surface area (Å²) in [5.74, 6) is 0.149. The molecule has 27 heavy (non-hydrogen) atoms. The zero-order valence-corrected chi connectivity index (χ0v) is 16.5. The Morgan fingerprint density at radius 1 is 1.11 bits per heavy atom. The molecular formula is C20H29N5O2. The van der Waals surface area contributed by atoms with Crippen LogP contribution in [0.25, 0.3) is 11.4 Å². The van der Waals surface area contributed by atoms with E-state index < -0.39 is 5.91 Å². The summed E-state index contributed by atoms with van der Waals surface area (Å²) < 4.78 is 2.11. The zero-order chi connectivity index (χ0) is 20.2. The van der Waals surface area contributed by atoms with Gasteiger partial charge in [0.1, 0.15) is 5.82 Å². The van der Waals surface area contributed by atoms with Gasteiger partial charge in [-0.2, -0.15) is 0 Å². The van der Waals surface area contributed by atoms with Crippen LogP contribution < -0.4 is 11.5 Å². The zero-order valence-electron chi connectivity index (χ0n) is 16.5. The molecule has 1 aliphatic heterocycles. The number of imidazole rings is 1. The predicted molar refractivity (Wildman–Crippen MR) is 106 cm³/mol. The van der Waals surface area contributed by atoms with Crippen LogP contribution >= 0.6 is 0 Å². The number of nitrogens with two attached hydrogens (primary N) is 2. The van der Waals surface area contributed by atoms with Gasteiger partial charge in [-0.1, -0.05) is 51.1 Å². The van der Waals surface area contributed by atoms with Crippen molar-refractivity contribution in [3.8, 4) is 11.4 Å². The molecule has 146 valence electrons. The number of carbonyl (C=O) groups excluding carboxylic acids is 2. The van der Waals surface area contributed by atoms with Crippen molar-refractivity contribution in [1.29, 1.82) is 0 Å². The molecule has 0 spiro atoms. The number of amides is 2. The van der Waals surface area contributed by atoms with Gasteiger partial charge >= 0.3 is 0 Å². The van der Waals surface area contributed by atoms with Gasteiger partial charge < -0.3 is 16.0 Å². The maximum absolute atomic E-state index is 11.6. The molecule has 1 aromatic carbocycles. The Morgan fingerprint density at radius 3 is 2.22 bits per heavy atom. The fraction of sp³-hybridized carbons (Fsp3) is 0.450. The second kappa shape index (κ2) is 8.35. The number of hydrogen-bond acceptors (Lipinski definition) is 4. The second-order valence-electron chi connectivity index (χ2n) is 8.05. The Hall–Kier alpha value is -2.67. The molecule has 0 fully saturated rings. The van der Waals surface area contributed by atoms with Crippen LogP contribution in [0.15, 0.2) is 30.3 Å². The third-order valence-electron chi connectivity index (χ3n) is 4.17. The molecule has 0 bridgehead atoms. The lowest BCUT2D eigenvalue weighted by Gasteiger charge is -2.25. The second-order valence-corrected chi connectivity index (χ2v) is 8.05. The lowest BCUT2D eigenvalue weighted by atomic mass is 9.92. The number of carbonyl (C=O) groups is 2. The van der Waals surface area contributed by atoms with E-state index in [1.807, 2.05) is 58.2 Å². The van der Waals surface area contributed by atoms with Crippen LogP contribution in [-0.2, 0) is 17.9 Å². The number of rotatable bonds is 3. The van der Waals surface area contributed by atoms with Crippen molar-refractivity contribution < 1.29 is 9.59 Å². The fourth-order valence-corrected chi connectivity index (χ4v) is 3.02. The summed E-state index contributed by atoms with van der Waals surface area (Å²) in [7, 11) is 2.03. The molecule has 1 aromatic heterocycles. The van der Waals surface area contributed by atoms with Crippen molar-refractivity contribution >= 4 is 11.8 Å². The number of benzene rings is 1. The Kier molecular flexibility index (Phi) is 6.38. The van der Waals surface area contributed by atoms with Gasteiger partial charge in [0.15, 0.2) is 5.69 Å². The lowest BCUT2D eigenvalue weighted by Crippen LogP contribution is -2.31. The van der Waals surface area contributed by atoms with Gasteiger partial charge in [-0.05, 0) is 12.5 Å². The van der Waals surface area contributed by atoms with Crippen LogP contribution in [0.1, 0.15) is 43.4 Å². The molecule has 0 saturated heterocycles. The quantitative estimate of drug-likeness (QED) is 0.860. The van der Waals surface area contributed by atoms with E-state index in [2.05, 4.69) is 14.5 Å². The van der Waals surface area contributed by atoms with E-state index in [-0.39, 0.29) is 11.3 Å². The SMILES string of the molecule is CC(C)(C)CC(N)=O.CN1CCn2c(-c3ccccc3)nc(C(N)=O)c2C1. The highest BCUT2D eigenvalue weighted by molar-refractivity contribution is 5.93. The Morgan fingerprint density at radius 2 is 1.74 bits per heavy atom. The molecule has 0 atom stereocenters. The minimum atomic E-state index is -0.457. The van der Waals surface area contributed by atoms with E-state index in [0.29, 0.717) is 18.7 Å². The van der Waals surface area contributed by atoms with Crippen molar-refractivity contribution in [3.63, 3.8) is 0 Å². The number of fused-ring (bicyclic) bond motifs is 1. The molecule has 3 rings (SSSR count). The average Bonchev–Trinajstić information content (AvgIpc) is 2.92. The van der Waals surface area contributed by atoms with E-state index in [0.717, 1.165) is 30.2 Å². The van der Waals surface area contributed by atoms with E-state index in [1.165, 1.54) is 0 Å². The molecular weight excluding hydrogens is 342 g/mol. The molecule has 2 amide bonds. The van der Waals surface area contributed by atoms with E-state index in [9.17, 15) is 9.59 Å². The molecule has 2 aromatic rings. The molecule has 0 unspecified atom stereocenters. The predicted octanol–water partition coefficient (Wildman–Crippen LogP) is 2.00. The van der Waals surface area contributed by atoms with Crippen LogP contribution in [0.2, 0.25) is 0 Å². The molecule has 0 aliphatic carbocycles. The lowest BCUT2D eigenvalue weighted by molar-refractivity contribution is -0.119. The van der Waals surface area contributed by atoms with Gasteiger partial charge in [0, 0.05) is 31.6 Å². The third kappa shape index (κ3) is 5.65. The number of aromatic nitrogens is 2. The highest BCUT2D eigenvalue weighted by Crippen LogP contribution is 2.25. The van der Waals surface area contributed by atoms with Crippen LogP contribution in [0.5, 0.6) is 0 Å². The van der Waals surface area contributed by atoms with Crippen molar-refractivity contribution in [1.82, 2.24) is 14.5 Å². The van der Waals surface area contributed by atoms with Crippen molar-refractivity contribution in [3.05, 3.63) is 41.7 Å². The third-order valence-corrected chi connectivity index (χ3v) is 4.17. The first-order chi connectivity index (χ1) is 12.6. The molecule has 7 heteroatoms. The van der Waals surface area contributed by atoms with Gasteiger partial charge in [0.25, 0.3) is 5.91 Å². The largest absolute Gasteiger partial charge is 0.370 e. The number of likely N-dealkylation sites (N-methyl/N-ethyl adjacent to an activating group) is 1. The Balaban J connectivity index is 0.000000279. The number of hydrogen-bond donors (Lipinski definition) is 2. The van der Waals surface area contributed by atoms with Gasteiger partial charge in [-0.15, -0.1) is 0 Å². The van der Waals surface area contributed by atoms with Gasteiger partial charge in [-0.3, -0.25) is 14.5 Å². The highest BCUT2D eigenvalue weighted by atomic mass is 16.1. The summed E-state index contributed by atoms with van der Waals surface area (Å²) in [5.41, 5.74) is 12.8. The van der Waals surface area contributed by atoms with Crippen molar-refractivity contribution in [2.45, 2.75) is 40.3 Å². The smallest absolute Gasteiger partial charge is 0.269 e. The molecule has 1 aliphatic rings. The number of primary amides is 2. The van der Waals surface area contributed by atoms with Gasteiger partial charge in [-0.25, -0.2) is 4.98 Å². The van der Waals surface area contributed by atoms with Crippen LogP contribution in [0, 0.1) is 5.41 Å². The minimum Gasteiger partial charge on any atom is -0.370 e. The summed E-state index contributed by atoms with van der Waals surface area (Å²) in [5, 5.41) is 0. The normalized spacial score (nSPS) is 14.1. The molecule has 2 heterocycles. The summed E-state index contributed by atoms with van der Waals surface area (Å²) in [6.45, 7) is 8.43. The van der Waals surface area contributed by atoms with E-state index >= 15 is 0 Å². The average molecular weight is 371 g/mol. The van der Waals surface area contributed by atoms with E-state index in [1.54, 1.807) is 0 Å². The monoisotopic (exact) mass is 371 g/mol. The van der Waals surface area contributed by atoms with E-state index in [4.69, 9.17) is 11.5 Å².